The van der Waals surface area contributed by atoms with Gasteiger partial charge in [0.05, 0.1) is 12.1 Å². The molecule has 0 saturated heterocycles. The molecule has 0 unspecified atom stereocenters. The average molecular weight is 245 g/mol. The predicted molar refractivity (Wildman–Crippen MR) is 71.1 cm³/mol. The van der Waals surface area contributed by atoms with Crippen LogP contribution in [0.25, 0.3) is 0 Å². The van der Waals surface area contributed by atoms with E-state index in [9.17, 15) is 9.90 Å². The van der Waals surface area contributed by atoms with E-state index in [0.29, 0.717) is 12.0 Å². The van der Waals surface area contributed by atoms with Gasteiger partial charge in [-0.2, -0.15) is 0 Å². The topological polar surface area (TPSA) is 49.3 Å². The van der Waals surface area contributed by atoms with Gasteiger partial charge in [0.15, 0.2) is 0 Å². The van der Waals surface area contributed by atoms with Gasteiger partial charge in [0.1, 0.15) is 0 Å². The highest BCUT2D eigenvalue weighted by molar-refractivity contribution is 5.93. The predicted octanol–water partition coefficient (Wildman–Crippen LogP) is 2.12. The molecule has 1 aliphatic carbocycles. The third-order valence-electron chi connectivity index (χ3n) is 3.36. The van der Waals surface area contributed by atoms with Crippen LogP contribution in [0.5, 0.6) is 0 Å². The van der Waals surface area contributed by atoms with Crippen molar-refractivity contribution in [3.8, 4) is 0 Å². The fraction of sp³-hybridized carbons (Fsp3) is 0.400. The van der Waals surface area contributed by atoms with Crippen LogP contribution in [-0.2, 0) is 11.2 Å². The second-order valence-electron chi connectivity index (χ2n) is 4.72. The average Bonchev–Trinajstić information content (AvgIpc) is 2.66. The molecule has 2 atom stereocenters. The largest absolute Gasteiger partial charge is 0.390 e. The molecule has 3 nitrogen and oxygen atoms in total. The van der Waals surface area contributed by atoms with Crippen LogP contribution in [0, 0.1) is 0 Å². The van der Waals surface area contributed by atoms with Crippen molar-refractivity contribution in [2.24, 2.45) is 0 Å². The summed E-state index contributed by atoms with van der Waals surface area (Å²) in [6.07, 6.45) is 2.81. The molecule has 0 bridgehead atoms. The molecule has 1 amide bonds. The molecular weight excluding hydrogens is 226 g/mol. The van der Waals surface area contributed by atoms with E-state index in [1.807, 2.05) is 37.3 Å². The standard InChI is InChI=1S/C15H19NO2/c1-3-6-10(2)15(18)16-14-12-8-5-4-7-11(12)9-13(14)17/h4-8,13-14,17H,3,9H2,1-2H3,(H,16,18)/b10-6-/t13-,14+/m0/s1. The van der Waals surface area contributed by atoms with Crippen molar-refractivity contribution in [2.45, 2.75) is 38.8 Å². The molecule has 0 spiro atoms. The lowest BCUT2D eigenvalue weighted by molar-refractivity contribution is -0.118. The molecule has 2 rings (SSSR count). The number of fused-ring (bicyclic) bond motifs is 1. The summed E-state index contributed by atoms with van der Waals surface area (Å²) in [5, 5.41) is 12.9. The van der Waals surface area contributed by atoms with E-state index in [4.69, 9.17) is 0 Å². The maximum Gasteiger partial charge on any atom is 0.247 e. The van der Waals surface area contributed by atoms with E-state index in [-0.39, 0.29) is 11.9 Å². The fourth-order valence-electron chi connectivity index (χ4n) is 2.40. The number of carbonyl (C=O) groups is 1. The number of hydrogen-bond acceptors (Lipinski definition) is 2. The zero-order chi connectivity index (χ0) is 13.1. The highest BCUT2D eigenvalue weighted by atomic mass is 16.3. The maximum atomic E-state index is 12.0. The van der Waals surface area contributed by atoms with Crippen LogP contribution in [0.4, 0.5) is 0 Å². The third kappa shape index (κ3) is 2.46. The Kier molecular flexibility index (Phi) is 3.82. The lowest BCUT2D eigenvalue weighted by Crippen LogP contribution is -2.34. The first kappa shape index (κ1) is 12.8. The van der Waals surface area contributed by atoms with Gasteiger partial charge >= 0.3 is 0 Å². The van der Waals surface area contributed by atoms with Crippen LogP contribution < -0.4 is 5.32 Å². The van der Waals surface area contributed by atoms with E-state index in [2.05, 4.69) is 5.32 Å². The molecule has 1 aliphatic rings. The summed E-state index contributed by atoms with van der Waals surface area (Å²) in [6, 6.07) is 7.58. The second kappa shape index (κ2) is 5.36. The van der Waals surface area contributed by atoms with E-state index in [1.54, 1.807) is 6.92 Å². The molecule has 0 saturated carbocycles. The zero-order valence-corrected chi connectivity index (χ0v) is 10.8. The first-order valence-corrected chi connectivity index (χ1v) is 6.37. The van der Waals surface area contributed by atoms with Crippen molar-refractivity contribution in [1.29, 1.82) is 0 Å². The Hall–Kier alpha value is -1.61. The Bertz CT molecular complexity index is 479. The van der Waals surface area contributed by atoms with Gasteiger partial charge in [-0.25, -0.2) is 0 Å². The fourth-order valence-corrected chi connectivity index (χ4v) is 2.40. The van der Waals surface area contributed by atoms with Crippen molar-refractivity contribution < 1.29 is 9.90 Å². The van der Waals surface area contributed by atoms with E-state index in [1.165, 1.54) is 0 Å². The summed E-state index contributed by atoms with van der Waals surface area (Å²) < 4.78 is 0. The van der Waals surface area contributed by atoms with Crippen LogP contribution >= 0.6 is 0 Å². The number of carbonyl (C=O) groups excluding carboxylic acids is 1. The zero-order valence-electron chi connectivity index (χ0n) is 10.8. The maximum absolute atomic E-state index is 12.0. The van der Waals surface area contributed by atoms with Crippen molar-refractivity contribution in [1.82, 2.24) is 5.32 Å². The SMILES string of the molecule is CC/C=C(/C)C(=O)N[C@@H]1c2ccccc2C[C@@H]1O. The minimum Gasteiger partial charge on any atom is -0.390 e. The molecule has 1 aromatic carbocycles. The summed E-state index contributed by atoms with van der Waals surface area (Å²) in [7, 11) is 0. The molecule has 1 aromatic rings. The molecule has 0 radical (unpaired) electrons. The van der Waals surface area contributed by atoms with E-state index >= 15 is 0 Å². The Balaban J connectivity index is 2.15. The van der Waals surface area contributed by atoms with Gasteiger partial charge in [0.25, 0.3) is 0 Å². The summed E-state index contributed by atoms with van der Waals surface area (Å²) in [6.45, 7) is 3.79. The lowest BCUT2D eigenvalue weighted by Gasteiger charge is -2.18. The summed E-state index contributed by atoms with van der Waals surface area (Å²) >= 11 is 0. The molecule has 0 fully saturated rings. The number of amides is 1. The normalized spacial score (nSPS) is 22.7. The smallest absolute Gasteiger partial charge is 0.247 e. The quantitative estimate of drug-likeness (QED) is 0.801. The molecule has 96 valence electrons. The molecule has 0 heterocycles. The van der Waals surface area contributed by atoms with Gasteiger partial charge in [0, 0.05) is 12.0 Å². The van der Waals surface area contributed by atoms with Gasteiger partial charge in [-0.05, 0) is 24.5 Å². The molecule has 2 N–H and O–H groups in total. The van der Waals surface area contributed by atoms with Crippen LogP contribution in [0.2, 0.25) is 0 Å². The second-order valence-corrected chi connectivity index (χ2v) is 4.72. The lowest BCUT2D eigenvalue weighted by atomic mass is 10.1. The first-order chi connectivity index (χ1) is 8.63. The number of aliphatic hydroxyl groups is 1. The van der Waals surface area contributed by atoms with E-state index < -0.39 is 6.10 Å². The van der Waals surface area contributed by atoms with Crippen molar-refractivity contribution in [2.75, 3.05) is 0 Å². The molecule has 0 aliphatic heterocycles. The van der Waals surface area contributed by atoms with Gasteiger partial charge in [-0.15, -0.1) is 0 Å². The number of rotatable bonds is 3. The Labute approximate surface area is 108 Å². The minimum absolute atomic E-state index is 0.0994. The number of hydrogen-bond donors (Lipinski definition) is 2. The van der Waals surface area contributed by atoms with Crippen molar-refractivity contribution >= 4 is 5.91 Å². The van der Waals surface area contributed by atoms with Gasteiger partial charge < -0.3 is 10.4 Å². The van der Waals surface area contributed by atoms with Crippen LogP contribution in [0.3, 0.4) is 0 Å². The molecule has 18 heavy (non-hydrogen) atoms. The van der Waals surface area contributed by atoms with Gasteiger partial charge in [-0.1, -0.05) is 37.3 Å². The van der Waals surface area contributed by atoms with Crippen LogP contribution in [0.1, 0.15) is 37.4 Å². The summed E-state index contributed by atoms with van der Waals surface area (Å²) in [5.41, 5.74) is 2.85. The first-order valence-electron chi connectivity index (χ1n) is 6.37. The molecule has 0 aromatic heterocycles. The van der Waals surface area contributed by atoms with Crippen LogP contribution in [0.15, 0.2) is 35.9 Å². The minimum atomic E-state index is -0.527. The number of aliphatic hydroxyl groups excluding tert-OH is 1. The highest BCUT2D eigenvalue weighted by Gasteiger charge is 2.31. The number of allylic oxidation sites excluding steroid dienone is 1. The third-order valence-corrected chi connectivity index (χ3v) is 3.36. The summed E-state index contributed by atoms with van der Waals surface area (Å²) in [4.78, 5) is 12.0. The van der Waals surface area contributed by atoms with Gasteiger partial charge in [-0.3, -0.25) is 4.79 Å². The Morgan fingerprint density at radius 1 is 1.50 bits per heavy atom. The molecular formula is C15H19NO2. The number of nitrogens with one attached hydrogen (secondary N) is 1. The highest BCUT2D eigenvalue weighted by Crippen LogP contribution is 2.31. The monoisotopic (exact) mass is 245 g/mol. The Morgan fingerprint density at radius 3 is 2.94 bits per heavy atom. The van der Waals surface area contributed by atoms with Crippen LogP contribution in [-0.4, -0.2) is 17.1 Å². The number of benzene rings is 1. The van der Waals surface area contributed by atoms with E-state index in [0.717, 1.165) is 17.5 Å². The molecule has 3 heteroatoms. The summed E-state index contributed by atoms with van der Waals surface area (Å²) in [5.74, 6) is -0.0994. The van der Waals surface area contributed by atoms with Crippen molar-refractivity contribution in [3.05, 3.63) is 47.0 Å². The Morgan fingerprint density at radius 2 is 2.22 bits per heavy atom. The van der Waals surface area contributed by atoms with Crippen molar-refractivity contribution in [3.63, 3.8) is 0 Å². The van der Waals surface area contributed by atoms with Gasteiger partial charge in [0.2, 0.25) is 5.91 Å².